The van der Waals surface area contributed by atoms with E-state index >= 15 is 0 Å². The van der Waals surface area contributed by atoms with Crippen molar-refractivity contribution < 1.29 is 48.7 Å². The lowest BCUT2D eigenvalue weighted by atomic mass is 9.72. The van der Waals surface area contributed by atoms with E-state index in [1.54, 1.807) is 74.5 Å². The summed E-state index contributed by atoms with van der Waals surface area (Å²) in [6.45, 7) is 21.2. The first-order valence-electron chi connectivity index (χ1n) is 16.4. The van der Waals surface area contributed by atoms with Crippen molar-refractivity contribution in [3.63, 3.8) is 0 Å². The third kappa shape index (κ3) is 8.24. The van der Waals surface area contributed by atoms with Gasteiger partial charge in [0, 0.05) is 16.9 Å². The van der Waals surface area contributed by atoms with Crippen LogP contribution in [0.25, 0.3) is 0 Å². The number of allylic oxidation sites excluding steroid dienone is 1. The minimum Gasteiger partial charge on any atom is -0.457 e. The van der Waals surface area contributed by atoms with E-state index in [2.05, 4.69) is 6.58 Å². The van der Waals surface area contributed by atoms with Gasteiger partial charge < -0.3 is 29.5 Å². The van der Waals surface area contributed by atoms with Gasteiger partial charge in [0.05, 0.1) is 29.8 Å². The number of ketones is 1. The zero-order chi connectivity index (χ0) is 34.6. The number of Topliss-reactive ketones (excluding diaryl/α,β-unsaturated/α-hetero) is 1. The van der Waals surface area contributed by atoms with Crippen LogP contribution in [0.4, 0.5) is 0 Å². The van der Waals surface area contributed by atoms with Crippen LogP contribution in [-0.4, -0.2) is 75.1 Å². The lowest BCUT2D eigenvalue weighted by Crippen LogP contribution is -2.57. The Morgan fingerprint density at radius 3 is 1.80 bits per heavy atom. The third-order valence-corrected chi connectivity index (χ3v) is 10.0. The standard InChI is InChI=1S/C35H56O10/c1-12-18(4)31(39)43-26-23(9)27(44-32(40)19(5)13-2)28(45-33(41)20(6)14-3)30(38)34(10,11)16-15-21(7)29(37)35(42)17-22(8)25(36)24(26)35/h15-16,18-22,24-28,30,36,38,42H,9,12-14,17H2,1-8,10-11H3/b16-15+/t18?,19?,20?,21-,22-,24+,25-,26-,27-,28+,30+,35+/m0/s1. The van der Waals surface area contributed by atoms with Crippen LogP contribution in [-0.2, 0) is 33.4 Å². The Kier molecular flexibility index (Phi) is 13.2. The van der Waals surface area contributed by atoms with Gasteiger partial charge in [-0.3, -0.25) is 19.2 Å². The Labute approximate surface area is 268 Å². The fourth-order valence-corrected chi connectivity index (χ4v) is 5.89. The number of ether oxygens (including phenoxy) is 3. The van der Waals surface area contributed by atoms with E-state index in [0.29, 0.717) is 19.3 Å². The van der Waals surface area contributed by atoms with Crippen molar-refractivity contribution in [1.82, 2.24) is 0 Å². The molecule has 0 heterocycles. The van der Waals surface area contributed by atoms with Crippen molar-refractivity contribution in [2.75, 3.05) is 0 Å². The van der Waals surface area contributed by atoms with Gasteiger partial charge >= 0.3 is 17.9 Å². The summed E-state index contributed by atoms with van der Waals surface area (Å²) in [6, 6.07) is 0. The molecule has 0 aliphatic heterocycles. The van der Waals surface area contributed by atoms with Crippen molar-refractivity contribution in [2.45, 2.75) is 131 Å². The van der Waals surface area contributed by atoms with Crippen LogP contribution in [0, 0.1) is 40.9 Å². The largest absolute Gasteiger partial charge is 0.457 e. The Morgan fingerprint density at radius 2 is 1.33 bits per heavy atom. The molecular formula is C35H56O10. The van der Waals surface area contributed by atoms with Gasteiger partial charge in [0.2, 0.25) is 0 Å². The van der Waals surface area contributed by atoms with Crippen molar-refractivity contribution >= 4 is 23.7 Å². The normalized spacial score (nSPS) is 36.4. The number of hydrogen-bond acceptors (Lipinski definition) is 10. The topological polar surface area (TPSA) is 157 Å². The molecule has 0 bridgehead atoms. The smallest absolute Gasteiger partial charge is 0.309 e. The predicted molar refractivity (Wildman–Crippen MR) is 168 cm³/mol. The molecule has 12 atom stereocenters. The Balaban J connectivity index is 2.97. The fourth-order valence-electron chi connectivity index (χ4n) is 5.89. The highest BCUT2D eigenvalue weighted by atomic mass is 16.6. The van der Waals surface area contributed by atoms with E-state index in [-0.39, 0.29) is 12.0 Å². The van der Waals surface area contributed by atoms with Crippen molar-refractivity contribution in [3.05, 3.63) is 24.3 Å². The van der Waals surface area contributed by atoms with Crippen molar-refractivity contribution in [2.24, 2.45) is 40.9 Å². The molecule has 1 fully saturated rings. The summed E-state index contributed by atoms with van der Waals surface area (Å²) in [5.74, 6) is -7.16. The number of esters is 3. The molecule has 0 radical (unpaired) electrons. The fraction of sp³-hybridized carbons (Fsp3) is 0.771. The lowest BCUT2D eigenvalue weighted by molar-refractivity contribution is -0.188. The summed E-state index contributed by atoms with van der Waals surface area (Å²) < 4.78 is 18.0. The maximum Gasteiger partial charge on any atom is 0.309 e. The monoisotopic (exact) mass is 636 g/mol. The summed E-state index contributed by atoms with van der Waals surface area (Å²) in [4.78, 5) is 54.0. The number of fused-ring (bicyclic) bond motifs is 1. The highest BCUT2D eigenvalue weighted by Crippen LogP contribution is 2.48. The predicted octanol–water partition coefficient (Wildman–Crippen LogP) is 4.33. The Hall–Kier alpha value is -2.56. The van der Waals surface area contributed by atoms with Crippen LogP contribution in [0.3, 0.4) is 0 Å². The number of aliphatic hydroxyl groups is 3. The van der Waals surface area contributed by atoms with Crippen LogP contribution in [0.5, 0.6) is 0 Å². The molecule has 0 spiro atoms. The zero-order valence-corrected chi connectivity index (χ0v) is 28.7. The molecule has 0 amide bonds. The molecule has 10 heteroatoms. The molecule has 2 rings (SSSR count). The van der Waals surface area contributed by atoms with Crippen LogP contribution in [0.2, 0.25) is 0 Å². The second-order valence-electron chi connectivity index (χ2n) is 14.0. The van der Waals surface area contributed by atoms with Gasteiger partial charge in [-0.25, -0.2) is 0 Å². The van der Waals surface area contributed by atoms with Crippen LogP contribution < -0.4 is 0 Å². The molecule has 1 saturated carbocycles. The number of carbonyl (C=O) groups is 4. The minimum atomic E-state index is -2.15. The first-order valence-corrected chi connectivity index (χ1v) is 16.4. The molecule has 0 aromatic carbocycles. The van der Waals surface area contributed by atoms with Gasteiger partial charge in [0.15, 0.2) is 18.0 Å². The second-order valence-corrected chi connectivity index (χ2v) is 14.0. The Bertz CT molecular complexity index is 1130. The van der Waals surface area contributed by atoms with E-state index < -0.39 is 101 Å². The molecule has 3 N–H and O–H groups in total. The number of rotatable bonds is 9. The second kappa shape index (κ2) is 15.4. The average Bonchev–Trinajstić information content (AvgIpc) is 3.24. The number of carbonyl (C=O) groups excluding carboxylic acids is 4. The molecule has 3 unspecified atom stereocenters. The highest BCUT2D eigenvalue weighted by Gasteiger charge is 2.61. The SMILES string of the molecule is C=C1[C@H](OC(=O)C(C)CC)[C@@H](OC(=O)C(C)CC)[C@@H](O)C(C)(C)/C=C/[C@H](C)C(=O)[C@@]2(O)C[C@H](C)[C@H](O)[C@@H]2[C@H]1OC(=O)C(C)CC. The van der Waals surface area contributed by atoms with E-state index in [1.807, 2.05) is 6.92 Å². The number of hydrogen-bond donors (Lipinski definition) is 3. The van der Waals surface area contributed by atoms with E-state index in [9.17, 15) is 34.5 Å². The van der Waals surface area contributed by atoms with Gasteiger partial charge in [0.25, 0.3) is 0 Å². The van der Waals surface area contributed by atoms with Gasteiger partial charge in [-0.2, -0.15) is 0 Å². The molecular weight excluding hydrogens is 580 g/mol. The van der Waals surface area contributed by atoms with E-state index in [4.69, 9.17) is 14.2 Å². The van der Waals surface area contributed by atoms with Gasteiger partial charge in [-0.15, -0.1) is 0 Å². The quantitative estimate of drug-likeness (QED) is 0.189. The molecule has 0 aromatic rings. The zero-order valence-electron chi connectivity index (χ0n) is 28.7. The van der Waals surface area contributed by atoms with Gasteiger partial charge in [0.1, 0.15) is 17.8 Å². The third-order valence-electron chi connectivity index (χ3n) is 10.0. The lowest BCUT2D eigenvalue weighted by Gasteiger charge is -2.43. The summed E-state index contributed by atoms with van der Waals surface area (Å²) in [6.07, 6.45) is -3.13. The molecule has 10 nitrogen and oxygen atoms in total. The first kappa shape index (κ1) is 38.6. The van der Waals surface area contributed by atoms with Crippen molar-refractivity contribution in [3.8, 4) is 0 Å². The van der Waals surface area contributed by atoms with Crippen LogP contribution >= 0.6 is 0 Å². The molecule has 0 aromatic heterocycles. The maximum absolute atomic E-state index is 14.0. The minimum absolute atomic E-state index is 0.115. The summed E-state index contributed by atoms with van der Waals surface area (Å²) in [5.41, 5.74) is -3.42. The average molecular weight is 637 g/mol. The summed E-state index contributed by atoms with van der Waals surface area (Å²) in [7, 11) is 0. The van der Waals surface area contributed by atoms with Gasteiger partial charge in [-0.1, -0.05) is 88.0 Å². The maximum atomic E-state index is 14.0. The molecule has 45 heavy (non-hydrogen) atoms. The van der Waals surface area contributed by atoms with Crippen LogP contribution in [0.1, 0.15) is 94.9 Å². The molecule has 0 saturated heterocycles. The molecule has 256 valence electrons. The molecule has 2 aliphatic carbocycles. The number of aliphatic hydroxyl groups excluding tert-OH is 2. The van der Waals surface area contributed by atoms with Crippen LogP contribution in [0.15, 0.2) is 24.3 Å². The summed E-state index contributed by atoms with van der Waals surface area (Å²) in [5, 5.41) is 35.6. The highest BCUT2D eigenvalue weighted by molar-refractivity contribution is 5.91. The summed E-state index contributed by atoms with van der Waals surface area (Å²) >= 11 is 0. The first-order chi connectivity index (χ1) is 20.8. The van der Waals surface area contributed by atoms with Crippen molar-refractivity contribution in [1.29, 1.82) is 0 Å². The Morgan fingerprint density at radius 1 is 0.889 bits per heavy atom. The molecule has 2 aliphatic rings. The van der Waals surface area contributed by atoms with Gasteiger partial charge in [-0.05, 0) is 31.6 Å². The van der Waals surface area contributed by atoms with E-state index in [0.717, 1.165) is 0 Å². The van der Waals surface area contributed by atoms with E-state index in [1.165, 1.54) is 0 Å².